The first-order valence-corrected chi connectivity index (χ1v) is 7.24. The molecule has 1 aromatic rings. The van der Waals surface area contributed by atoms with E-state index in [0.717, 1.165) is 11.8 Å². The van der Waals surface area contributed by atoms with Gasteiger partial charge >= 0.3 is 0 Å². The van der Waals surface area contributed by atoms with Crippen LogP contribution in [0.2, 0.25) is 0 Å². The third kappa shape index (κ3) is 5.17. The maximum Gasteiger partial charge on any atom is 0.251 e. The van der Waals surface area contributed by atoms with E-state index < -0.39 is 5.82 Å². The summed E-state index contributed by atoms with van der Waals surface area (Å²) in [5.41, 5.74) is 0.336. The molecule has 1 unspecified atom stereocenters. The molecule has 1 aromatic carbocycles. The summed E-state index contributed by atoms with van der Waals surface area (Å²) in [4.78, 5) is 11.7. The molecule has 0 fully saturated rings. The molecule has 1 N–H and O–H groups in total. The van der Waals surface area contributed by atoms with Crippen molar-refractivity contribution in [2.45, 2.75) is 13.3 Å². The minimum absolute atomic E-state index is 0.244. The van der Waals surface area contributed by atoms with E-state index in [9.17, 15) is 9.18 Å². The van der Waals surface area contributed by atoms with Crippen LogP contribution in [0, 0.1) is 11.7 Å². The Hall–Kier alpha value is -0.420. The van der Waals surface area contributed by atoms with Crippen molar-refractivity contribution in [2.75, 3.05) is 11.9 Å². The average Bonchev–Trinajstić information content (AvgIpc) is 2.25. The van der Waals surface area contributed by atoms with Gasteiger partial charge in [-0.25, -0.2) is 4.39 Å². The van der Waals surface area contributed by atoms with Crippen LogP contribution in [0.15, 0.2) is 22.7 Å². The molecule has 0 radical (unpaired) electrons. The van der Waals surface area contributed by atoms with Crippen LogP contribution < -0.4 is 5.32 Å². The van der Waals surface area contributed by atoms with E-state index >= 15 is 0 Å². The predicted octanol–water partition coefficient (Wildman–Crippen LogP) is 3.74. The lowest BCUT2D eigenvalue weighted by molar-refractivity contribution is 0.0947. The summed E-state index contributed by atoms with van der Waals surface area (Å²) in [7, 11) is 0. The van der Waals surface area contributed by atoms with Crippen LogP contribution in [0.3, 0.4) is 0 Å². The number of carbonyl (C=O) groups is 1. The first kappa shape index (κ1) is 14.6. The van der Waals surface area contributed by atoms with E-state index in [0.29, 0.717) is 22.5 Å². The summed E-state index contributed by atoms with van der Waals surface area (Å²) >= 11 is 6.51. The van der Waals surface area contributed by atoms with Gasteiger partial charge in [0.15, 0.2) is 0 Å². The zero-order valence-corrected chi connectivity index (χ0v) is 12.6. The molecule has 0 aliphatic heterocycles. The Labute approximate surface area is 117 Å². The third-order valence-corrected chi connectivity index (χ3v) is 3.25. The summed E-state index contributed by atoms with van der Waals surface area (Å²) in [6.45, 7) is 2.65. The minimum Gasteiger partial charge on any atom is -0.352 e. The van der Waals surface area contributed by atoms with Gasteiger partial charge in [0, 0.05) is 21.9 Å². The lowest BCUT2D eigenvalue weighted by Gasteiger charge is -2.11. The molecule has 5 heteroatoms. The molecule has 0 aliphatic rings. The Balaban J connectivity index is 2.58. The number of hydrogen-bond acceptors (Lipinski definition) is 1. The van der Waals surface area contributed by atoms with Crippen molar-refractivity contribution in [1.82, 2.24) is 5.32 Å². The fourth-order valence-corrected chi connectivity index (χ4v) is 2.59. The number of amides is 1. The lowest BCUT2D eigenvalue weighted by Crippen LogP contribution is -2.28. The number of alkyl halides is 1. The Morgan fingerprint density at radius 1 is 1.47 bits per heavy atom. The van der Waals surface area contributed by atoms with Crippen molar-refractivity contribution >= 4 is 37.8 Å². The molecule has 17 heavy (non-hydrogen) atoms. The number of rotatable bonds is 5. The standard InChI is InChI=1S/C12H14Br2FNO/c1-8(2-3-13)7-16-12(17)9-4-10(14)6-11(15)5-9/h4-6,8H,2-3,7H2,1H3,(H,16,17). The van der Waals surface area contributed by atoms with E-state index in [2.05, 4.69) is 44.1 Å². The monoisotopic (exact) mass is 365 g/mol. The van der Waals surface area contributed by atoms with E-state index in [4.69, 9.17) is 0 Å². The van der Waals surface area contributed by atoms with Crippen LogP contribution in [0.1, 0.15) is 23.7 Å². The van der Waals surface area contributed by atoms with Crippen LogP contribution in [0.5, 0.6) is 0 Å². The van der Waals surface area contributed by atoms with Gasteiger partial charge in [0.25, 0.3) is 5.91 Å². The van der Waals surface area contributed by atoms with Crippen LogP contribution >= 0.6 is 31.9 Å². The number of hydrogen-bond donors (Lipinski definition) is 1. The fraction of sp³-hybridized carbons (Fsp3) is 0.417. The molecule has 0 heterocycles. The Kier molecular flexibility index (Phi) is 6.12. The largest absolute Gasteiger partial charge is 0.352 e. The molecule has 0 spiro atoms. The first-order chi connectivity index (χ1) is 8.02. The highest BCUT2D eigenvalue weighted by Gasteiger charge is 2.09. The molecule has 1 atom stereocenters. The highest BCUT2D eigenvalue weighted by atomic mass is 79.9. The SMILES string of the molecule is CC(CCBr)CNC(=O)c1cc(F)cc(Br)c1. The molecule has 0 bridgehead atoms. The fourth-order valence-electron chi connectivity index (χ4n) is 1.34. The van der Waals surface area contributed by atoms with Gasteiger partial charge in [-0.15, -0.1) is 0 Å². The summed E-state index contributed by atoms with van der Waals surface area (Å²) < 4.78 is 13.7. The summed E-state index contributed by atoms with van der Waals surface area (Å²) in [6.07, 6.45) is 0.993. The topological polar surface area (TPSA) is 29.1 Å². The zero-order valence-electron chi connectivity index (χ0n) is 9.47. The molecule has 94 valence electrons. The van der Waals surface area contributed by atoms with Gasteiger partial charge < -0.3 is 5.32 Å². The van der Waals surface area contributed by atoms with Crippen molar-refractivity contribution in [1.29, 1.82) is 0 Å². The van der Waals surface area contributed by atoms with E-state index in [1.54, 1.807) is 6.07 Å². The number of benzene rings is 1. The predicted molar refractivity (Wildman–Crippen MR) is 74.0 cm³/mol. The molecular weight excluding hydrogens is 353 g/mol. The van der Waals surface area contributed by atoms with Gasteiger partial charge in [-0.2, -0.15) is 0 Å². The van der Waals surface area contributed by atoms with E-state index in [1.807, 2.05) is 0 Å². The third-order valence-electron chi connectivity index (χ3n) is 2.34. The Morgan fingerprint density at radius 3 is 2.76 bits per heavy atom. The highest BCUT2D eigenvalue weighted by molar-refractivity contribution is 9.10. The van der Waals surface area contributed by atoms with Crippen LogP contribution in [-0.4, -0.2) is 17.8 Å². The van der Waals surface area contributed by atoms with Crippen molar-refractivity contribution in [2.24, 2.45) is 5.92 Å². The Bertz CT molecular complexity index is 378. The second-order valence-electron chi connectivity index (χ2n) is 3.95. The molecule has 2 nitrogen and oxygen atoms in total. The van der Waals surface area contributed by atoms with Crippen molar-refractivity contribution < 1.29 is 9.18 Å². The van der Waals surface area contributed by atoms with Gasteiger partial charge in [-0.05, 0) is 30.5 Å². The van der Waals surface area contributed by atoms with Gasteiger partial charge in [0.05, 0.1) is 0 Å². The second kappa shape index (κ2) is 7.11. The average molecular weight is 367 g/mol. The molecule has 1 rings (SSSR count). The van der Waals surface area contributed by atoms with Crippen molar-refractivity contribution in [3.05, 3.63) is 34.1 Å². The molecule has 1 amide bonds. The van der Waals surface area contributed by atoms with Crippen LogP contribution in [-0.2, 0) is 0 Å². The summed E-state index contributed by atoms with van der Waals surface area (Å²) in [5, 5.41) is 3.70. The molecule has 0 aliphatic carbocycles. The van der Waals surface area contributed by atoms with Gasteiger partial charge in [-0.1, -0.05) is 38.8 Å². The van der Waals surface area contributed by atoms with Gasteiger partial charge in [0.1, 0.15) is 5.82 Å². The van der Waals surface area contributed by atoms with E-state index in [-0.39, 0.29) is 5.91 Å². The van der Waals surface area contributed by atoms with Crippen LogP contribution in [0.25, 0.3) is 0 Å². The molecule has 0 aromatic heterocycles. The second-order valence-corrected chi connectivity index (χ2v) is 5.66. The molecular formula is C12H14Br2FNO. The minimum atomic E-state index is -0.418. The molecule has 0 saturated heterocycles. The van der Waals surface area contributed by atoms with Crippen molar-refractivity contribution in [3.8, 4) is 0 Å². The van der Waals surface area contributed by atoms with E-state index in [1.165, 1.54) is 12.1 Å². The number of nitrogens with one attached hydrogen (secondary N) is 1. The number of halogens is 3. The van der Waals surface area contributed by atoms with Crippen LogP contribution in [0.4, 0.5) is 4.39 Å². The molecule has 0 saturated carbocycles. The maximum atomic E-state index is 13.1. The van der Waals surface area contributed by atoms with Crippen molar-refractivity contribution in [3.63, 3.8) is 0 Å². The normalized spacial score (nSPS) is 12.2. The number of carbonyl (C=O) groups excluding carboxylic acids is 1. The van der Waals surface area contributed by atoms with Gasteiger partial charge in [-0.3, -0.25) is 4.79 Å². The highest BCUT2D eigenvalue weighted by Crippen LogP contribution is 2.15. The summed E-state index contributed by atoms with van der Waals surface area (Å²) in [6, 6.07) is 4.16. The van der Waals surface area contributed by atoms with Gasteiger partial charge in [0.2, 0.25) is 0 Å². The summed E-state index contributed by atoms with van der Waals surface area (Å²) in [5.74, 6) is -0.264. The Morgan fingerprint density at radius 2 is 2.18 bits per heavy atom. The first-order valence-electron chi connectivity index (χ1n) is 5.33. The quantitative estimate of drug-likeness (QED) is 0.790. The maximum absolute atomic E-state index is 13.1. The lowest BCUT2D eigenvalue weighted by atomic mass is 10.1. The smallest absolute Gasteiger partial charge is 0.251 e. The zero-order chi connectivity index (χ0) is 12.8.